The highest BCUT2D eigenvalue weighted by atomic mass is 16.4. The number of aliphatic carboxylic acids is 2. The predicted octanol–water partition coefficient (Wildman–Crippen LogP) is 0.0191. The molecule has 0 bridgehead atoms. The molecule has 2 aliphatic rings. The first kappa shape index (κ1) is 13.1. The molecule has 2 aliphatic carbocycles. The number of allylic oxidation sites excluding steroid dienone is 2. The van der Waals surface area contributed by atoms with Crippen molar-refractivity contribution >= 4 is 11.9 Å². The van der Waals surface area contributed by atoms with Crippen LogP contribution in [0.2, 0.25) is 0 Å². The number of carbonyl (C=O) groups is 2. The van der Waals surface area contributed by atoms with Crippen LogP contribution in [0.1, 0.15) is 46.0 Å². The van der Waals surface area contributed by atoms with Gasteiger partial charge in [-0.05, 0) is 37.5 Å². The Kier molecular flexibility index (Phi) is 3.21. The fraction of sp³-hybridized carbons (Fsp3) is 0.714. The molecule has 0 amide bonds. The van der Waals surface area contributed by atoms with E-state index in [4.69, 9.17) is 0 Å². The van der Waals surface area contributed by atoms with Gasteiger partial charge in [0.05, 0.1) is 0 Å². The normalized spacial score (nSPS) is 30.8. The summed E-state index contributed by atoms with van der Waals surface area (Å²) in [6.07, 6.45) is 3.59. The first-order valence-corrected chi connectivity index (χ1v) is 6.46. The van der Waals surface area contributed by atoms with E-state index in [1.165, 1.54) is 0 Å². The molecular formula is C14H18O4-2. The van der Waals surface area contributed by atoms with Gasteiger partial charge in [-0.25, -0.2) is 0 Å². The zero-order valence-corrected chi connectivity index (χ0v) is 10.8. The van der Waals surface area contributed by atoms with Crippen molar-refractivity contribution in [3.05, 3.63) is 11.1 Å². The molecule has 4 nitrogen and oxygen atoms in total. The van der Waals surface area contributed by atoms with Gasteiger partial charge in [-0.15, -0.1) is 0 Å². The molecule has 18 heavy (non-hydrogen) atoms. The second-order valence-electron chi connectivity index (χ2n) is 6.08. The second kappa shape index (κ2) is 4.41. The van der Waals surface area contributed by atoms with Gasteiger partial charge in [0.15, 0.2) is 0 Å². The summed E-state index contributed by atoms with van der Waals surface area (Å²) < 4.78 is 0. The molecule has 0 unspecified atom stereocenters. The van der Waals surface area contributed by atoms with Gasteiger partial charge in [-0.2, -0.15) is 0 Å². The fourth-order valence-corrected chi connectivity index (χ4v) is 3.44. The van der Waals surface area contributed by atoms with Gasteiger partial charge in [0, 0.05) is 23.8 Å². The van der Waals surface area contributed by atoms with Crippen molar-refractivity contribution in [3.63, 3.8) is 0 Å². The Hall–Kier alpha value is -1.32. The third-order valence-corrected chi connectivity index (χ3v) is 4.51. The monoisotopic (exact) mass is 250 g/mol. The highest BCUT2D eigenvalue weighted by Gasteiger charge is 2.38. The number of hydrogen-bond donors (Lipinski definition) is 0. The SMILES string of the molecule is CC1(C)CCCC2=C1C[C@H](C(=O)[O-])[C@H](C(=O)[O-])C2. The summed E-state index contributed by atoms with van der Waals surface area (Å²) in [7, 11) is 0. The van der Waals surface area contributed by atoms with E-state index < -0.39 is 23.8 Å². The van der Waals surface area contributed by atoms with Crippen LogP contribution in [-0.4, -0.2) is 11.9 Å². The number of carboxylic acids is 2. The van der Waals surface area contributed by atoms with Crippen LogP contribution in [-0.2, 0) is 9.59 Å². The second-order valence-corrected chi connectivity index (χ2v) is 6.08. The van der Waals surface area contributed by atoms with Crippen LogP contribution in [0.5, 0.6) is 0 Å². The molecule has 0 fully saturated rings. The zero-order chi connectivity index (χ0) is 13.5. The maximum atomic E-state index is 11.1. The number of hydrogen-bond acceptors (Lipinski definition) is 4. The van der Waals surface area contributed by atoms with E-state index in [1.807, 2.05) is 0 Å². The Bertz CT molecular complexity index is 420. The lowest BCUT2D eigenvalue weighted by atomic mass is 9.63. The quantitative estimate of drug-likeness (QED) is 0.647. The van der Waals surface area contributed by atoms with Gasteiger partial charge >= 0.3 is 0 Å². The summed E-state index contributed by atoms with van der Waals surface area (Å²) in [6, 6.07) is 0. The fourth-order valence-electron chi connectivity index (χ4n) is 3.44. The molecule has 4 heteroatoms. The van der Waals surface area contributed by atoms with E-state index in [-0.39, 0.29) is 5.41 Å². The van der Waals surface area contributed by atoms with Crippen molar-refractivity contribution in [2.75, 3.05) is 0 Å². The smallest absolute Gasteiger partial charge is 0.0455 e. The summed E-state index contributed by atoms with van der Waals surface area (Å²) in [4.78, 5) is 22.2. The summed E-state index contributed by atoms with van der Waals surface area (Å²) in [5.74, 6) is -4.40. The Labute approximate surface area is 107 Å². The summed E-state index contributed by atoms with van der Waals surface area (Å²) in [5.41, 5.74) is 2.26. The van der Waals surface area contributed by atoms with Gasteiger partial charge in [0.1, 0.15) is 0 Å². The van der Waals surface area contributed by atoms with Crippen LogP contribution in [0.25, 0.3) is 0 Å². The molecule has 0 spiro atoms. The largest absolute Gasteiger partial charge is 0.550 e. The lowest BCUT2D eigenvalue weighted by Crippen LogP contribution is -2.47. The van der Waals surface area contributed by atoms with Crippen molar-refractivity contribution < 1.29 is 19.8 Å². The zero-order valence-electron chi connectivity index (χ0n) is 10.8. The molecular weight excluding hydrogens is 232 g/mol. The lowest BCUT2D eigenvalue weighted by molar-refractivity contribution is -0.327. The van der Waals surface area contributed by atoms with E-state index >= 15 is 0 Å². The van der Waals surface area contributed by atoms with E-state index in [0.29, 0.717) is 12.8 Å². The number of carbonyl (C=O) groups excluding carboxylic acids is 2. The van der Waals surface area contributed by atoms with Crippen molar-refractivity contribution in [2.24, 2.45) is 17.3 Å². The highest BCUT2D eigenvalue weighted by molar-refractivity contribution is 5.79. The average molecular weight is 250 g/mol. The van der Waals surface area contributed by atoms with Crippen LogP contribution < -0.4 is 10.2 Å². The van der Waals surface area contributed by atoms with Crippen molar-refractivity contribution in [1.82, 2.24) is 0 Å². The Morgan fingerprint density at radius 3 is 2.22 bits per heavy atom. The van der Waals surface area contributed by atoms with Crippen LogP contribution >= 0.6 is 0 Å². The van der Waals surface area contributed by atoms with Gasteiger partial charge in [0.25, 0.3) is 0 Å². The topological polar surface area (TPSA) is 80.3 Å². The molecule has 2 rings (SSSR count). The molecule has 100 valence electrons. The van der Waals surface area contributed by atoms with E-state index in [0.717, 1.165) is 30.4 Å². The van der Waals surface area contributed by atoms with Crippen LogP contribution in [0.15, 0.2) is 11.1 Å². The minimum absolute atomic E-state index is 0.0157. The van der Waals surface area contributed by atoms with Crippen LogP contribution in [0.3, 0.4) is 0 Å². The van der Waals surface area contributed by atoms with Crippen molar-refractivity contribution in [2.45, 2.75) is 46.0 Å². The van der Waals surface area contributed by atoms with Crippen molar-refractivity contribution in [3.8, 4) is 0 Å². The molecule has 0 saturated heterocycles. The third-order valence-electron chi connectivity index (χ3n) is 4.51. The summed E-state index contributed by atoms with van der Waals surface area (Å²) in [6.45, 7) is 4.21. The van der Waals surface area contributed by atoms with E-state index in [1.54, 1.807) is 0 Å². The minimum Gasteiger partial charge on any atom is -0.550 e. The molecule has 0 aromatic rings. The lowest BCUT2D eigenvalue weighted by Gasteiger charge is -2.44. The molecule has 0 heterocycles. The molecule has 0 aromatic carbocycles. The van der Waals surface area contributed by atoms with Crippen molar-refractivity contribution in [1.29, 1.82) is 0 Å². The predicted molar refractivity (Wildman–Crippen MR) is 60.9 cm³/mol. The Morgan fingerprint density at radius 2 is 1.67 bits per heavy atom. The molecule has 0 aliphatic heterocycles. The number of carboxylic acid groups (broad SMARTS) is 2. The molecule has 0 N–H and O–H groups in total. The minimum atomic E-state index is -1.27. The van der Waals surface area contributed by atoms with Gasteiger partial charge in [-0.3, -0.25) is 0 Å². The highest BCUT2D eigenvalue weighted by Crippen LogP contribution is 2.49. The molecule has 2 atom stereocenters. The maximum Gasteiger partial charge on any atom is 0.0455 e. The van der Waals surface area contributed by atoms with E-state index in [2.05, 4.69) is 13.8 Å². The molecule has 0 radical (unpaired) electrons. The molecule has 0 saturated carbocycles. The first-order chi connectivity index (χ1) is 8.33. The summed E-state index contributed by atoms with van der Waals surface area (Å²) in [5, 5.41) is 22.2. The average Bonchev–Trinajstić information content (AvgIpc) is 2.27. The Balaban J connectivity index is 2.37. The number of rotatable bonds is 2. The summed E-state index contributed by atoms with van der Waals surface area (Å²) >= 11 is 0. The Morgan fingerprint density at radius 1 is 1.11 bits per heavy atom. The van der Waals surface area contributed by atoms with Gasteiger partial charge in [-0.1, -0.05) is 25.0 Å². The van der Waals surface area contributed by atoms with Crippen LogP contribution in [0, 0.1) is 17.3 Å². The van der Waals surface area contributed by atoms with Gasteiger partial charge < -0.3 is 19.8 Å². The maximum absolute atomic E-state index is 11.1. The first-order valence-electron chi connectivity index (χ1n) is 6.46. The standard InChI is InChI=1S/C14H20O4/c1-14(2)5-3-4-8-6-9(12(15)16)10(13(17)18)7-11(8)14/h9-10H,3-7H2,1-2H3,(H,15,16)(H,17,18)/p-2/t9-,10+/m1/s1. The molecule has 0 aromatic heterocycles. The van der Waals surface area contributed by atoms with Crippen LogP contribution in [0.4, 0.5) is 0 Å². The van der Waals surface area contributed by atoms with E-state index in [9.17, 15) is 19.8 Å². The van der Waals surface area contributed by atoms with Gasteiger partial charge in [0.2, 0.25) is 0 Å². The third kappa shape index (κ3) is 2.16.